The maximum atomic E-state index is 12.2. The molecule has 0 aliphatic heterocycles. The second-order valence-corrected chi connectivity index (χ2v) is 4.98. The number of nitrogens with two attached hydrogens (primary N) is 1. The van der Waals surface area contributed by atoms with Crippen molar-refractivity contribution in [1.29, 1.82) is 0 Å². The summed E-state index contributed by atoms with van der Waals surface area (Å²) in [4.78, 5) is 23.1. The third-order valence-corrected chi connectivity index (χ3v) is 3.59. The van der Waals surface area contributed by atoms with Crippen molar-refractivity contribution in [3.63, 3.8) is 0 Å². The van der Waals surface area contributed by atoms with Gasteiger partial charge in [-0.05, 0) is 31.4 Å². The standard InChI is InChI=1S/C14H18N2O4/c1-20-12-7-9(15)3-5-11(12)13(17)16-10-4-2-8(6-10)14(18)19/h3,5,7-8,10H,2,4,6,15H2,1H3,(H,16,17)(H,18,19). The van der Waals surface area contributed by atoms with Gasteiger partial charge in [0.25, 0.3) is 5.91 Å². The largest absolute Gasteiger partial charge is 0.496 e. The molecule has 1 aliphatic carbocycles. The lowest BCUT2D eigenvalue weighted by Crippen LogP contribution is -2.33. The quantitative estimate of drug-likeness (QED) is 0.720. The first-order chi connectivity index (χ1) is 9.51. The summed E-state index contributed by atoms with van der Waals surface area (Å²) in [6.45, 7) is 0. The van der Waals surface area contributed by atoms with Gasteiger partial charge in [0.1, 0.15) is 5.75 Å². The van der Waals surface area contributed by atoms with Crippen molar-refractivity contribution in [2.24, 2.45) is 5.92 Å². The molecule has 0 spiro atoms. The summed E-state index contributed by atoms with van der Waals surface area (Å²) < 4.78 is 5.14. The van der Waals surface area contributed by atoms with Crippen LogP contribution in [0.2, 0.25) is 0 Å². The number of carbonyl (C=O) groups is 2. The second kappa shape index (κ2) is 5.81. The Balaban J connectivity index is 2.04. The molecule has 0 aromatic heterocycles. The maximum Gasteiger partial charge on any atom is 0.306 e. The van der Waals surface area contributed by atoms with Gasteiger partial charge in [-0.15, -0.1) is 0 Å². The molecule has 6 nitrogen and oxygen atoms in total. The monoisotopic (exact) mass is 278 g/mol. The van der Waals surface area contributed by atoms with Crippen LogP contribution in [0.15, 0.2) is 18.2 Å². The molecule has 108 valence electrons. The number of carboxylic acid groups (broad SMARTS) is 1. The zero-order valence-corrected chi connectivity index (χ0v) is 11.3. The summed E-state index contributed by atoms with van der Waals surface area (Å²) in [6.07, 6.45) is 1.75. The summed E-state index contributed by atoms with van der Waals surface area (Å²) in [5.74, 6) is -1.02. The fourth-order valence-corrected chi connectivity index (χ4v) is 2.50. The zero-order chi connectivity index (χ0) is 14.7. The fourth-order valence-electron chi connectivity index (χ4n) is 2.50. The number of hydrogen-bond acceptors (Lipinski definition) is 4. The SMILES string of the molecule is COc1cc(N)ccc1C(=O)NC1CCC(C(=O)O)C1. The highest BCUT2D eigenvalue weighted by atomic mass is 16.5. The lowest BCUT2D eigenvalue weighted by molar-refractivity contribution is -0.141. The van der Waals surface area contributed by atoms with Crippen LogP contribution in [0.4, 0.5) is 5.69 Å². The minimum Gasteiger partial charge on any atom is -0.496 e. The molecule has 1 aliphatic rings. The van der Waals surface area contributed by atoms with Gasteiger partial charge in [0, 0.05) is 17.8 Å². The second-order valence-electron chi connectivity index (χ2n) is 4.98. The number of methoxy groups -OCH3 is 1. The van der Waals surface area contributed by atoms with Crippen LogP contribution in [-0.2, 0) is 4.79 Å². The van der Waals surface area contributed by atoms with Gasteiger partial charge >= 0.3 is 5.97 Å². The number of anilines is 1. The van der Waals surface area contributed by atoms with Gasteiger partial charge in [0.2, 0.25) is 0 Å². The Morgan fingerprint density at radius 3 is 2.75 bits per heavy atom. The van der Waals surface area contributed by atoms with Gasteiger partial charge in [-0.3, -0.25) is 9.59 Å². The first kappa shape index (κ1) is 14.2. The smallest absolute Gasteiger partial charge is 0.306 e. The average Bonchev–Trinajstić information content (AvgIpc) is 2.87. The number of carboxylic acids is 1. The molecular weight excluding hydrogens is 260 g/mol. The molecule has 0 radical (unpaired) electrons. The summed E-state index contributed by atoms with van der Waals surface area (Å²) in [5.41, 5.74) is 6.56. The van der Waals surface area contributed by atoms with Gasteiger partial charge in [0.05, 0.1) is 18.6 Å². The number of ether oxygens (including phenoxy) is 1. The molecule has 1 saturated carbocycles. The topological polar surface area (TPSA) is 102 Å². The number of amides is 1. The van der Waals surface area contributed by atoms with E-state index in [2.05, 4.69) is 5.32 Å². The third kappa shape index (κ3) is 3.01. The van der Waals surface area contributed by atoms with Crippen molar-refractivity contribution >= 4 is 17.6 Å². The summed E-state index contributed by atoms with van der Waals surface area (Å²) in [6, 6.07) is 4.72. The molecule has 1 fully saturated rings. The van der Waals surface area contributed by atoms with Crippen molar-refractivity contribution in [2.75, 3.05) is 12.8 Å². The zero-order valence-electron chi connectivity index (χ0n) is 11.3. The van der Waals surface area contributed by atoms with E-state index in [1.165, 1.54) is 7.11 Å². The number of carbonyl (C=O) groups excluding carboxylic acids is 1. The fraction of sp³-hybridized carbons (Fsp3) is 0.429. The molecule has 1 aromatic rings. The number of rotatable bonds is 4. The summed E-state index contributed by atoms with van der Waals surface area (Å²) >= 11 is 0. The first-order valence-electron chi connectivity index (χ1n) is 6.48. The Bertz CT molecular complexity index is 530. The lowest BCUT2D eigenvalue weighted by Gasteiger charge is -2.14. The van der Waals surface area contributed by atoms with Crippen LogP contribution in [0.5, 0.6) is 5.75 Å². The third-order valence-electron chi connectivity index (χ3n) is 3.59. The van der Waals surface area contributed by atoms with E-state index < -0.39 is 5.97 Å². The number of aliphatic carboxylic acids is 1. The molecular formula is C14H18N2O4. The Hall–Kier alpha value is -2.24. The van der Waals surface area contributed by atoms with Crippen molar-refractivity contribution in [1.82, 2.24) is 5.32 Å². The Labute approximate surface area is 116 Å². The lowest BCUT2D eigenvalue weighted by atomic mass is 10.1. The summed E-state index contributed by atoms with van der Waals surface area (Å²) in [5, 5.41) is 11.8. The Kier molecular flexibility index (Phi) is 4.12. The molecule has 2 rings (SSSR count). The maximum absolute atomic E-state index is 12.2. The highest BCUT2D eigenvalue weighted by Crippen LogP contribution is 2.27. The predicted molar refractivity (Wildman–Crippen MR) is 73.6 cm³/mol. The van der Waals surface area contributed by atoms with E-state index in [0.29, 0.717) is 36.3 Å². The van der Waals surface area contributed by atoms with E-state index in [9.17, 15) is 9.59 Å². The highest BCUT2D eigenvalue weighted by molar-refractivity contribution is 5.97. The van der Waals surface area contributed by atoms with Gasteiger partial charge < -0.3 is 20.9 Å². The van der Waals surface area contributed by atoms with Crippen molar-refractivity contribution in [2.45, 2.75) is 25.3 Å². The average molecular weight is 278 g/mol. The molecule has 0 bridgehead atoms. The van der Waals surface area contributed by atoms with Crippen molar-refractivity contribution in [3.8, 4) is 5.75 Å². The molecule has 1 aromatic carbocycles. The van der Waals surface area contributed by atoms with Crippen LogP contribution in [0.1, 0.15) is 29.6 Å². The first-order valence-corrected chi connectivity index (χ1v) is 6.48. The molecule has 4 N–H and O–H groups in total. The van der Waals surface area contributed by atoms with Crippen LogP contribution >= 0.6 is 0 Å². The van der Waals surface area contributed by atoms with E-state index in [0.717, 1.165) is 0 Å². The Morgan fingerprint density at radius 1 is 1.40 bits per heavy atom. The molecule has 0 saturated heterocycles. The number of nitrogens with one attached hydrogen (secondary N) is 1. The van der Waals surface area contributed by atoms with E-state index in [-0.39, 0.29) is 17.9 Å². The van der Waals surface area contributed by atoms with Crippen LogP contribution in [0, 0.1) is 5.92 Å². The van der Waals surface area contributed by atoms with Gasteiger partial charge in [0.15, 0.2) is 0 Å². The molecule has 0 heterocycles. The van der Waals surface area contributed by atoms with Crippen LogP contribution < -0.4 is 15.8 Å². The van der Waals surface area contributed by atoms with Crippen molar-refractivity contribution in [3.05, 3.63) is 23.8 Å². The van der Waals surface area contributed by atoms with Crippen molar-refractivity contribution < 1.29 is 19.4 Å². The van der Waals surface area contributed by atoms with E-state index in [1.54, 1.807) is 18.2 Å². The highest BCUT2D eigenvalue weighted by Gasteiger charge is 2.31. The Morgan fingerprint density at radius 2 is 2.15 bits per heavy atom. The van der Waals surface area contributed by atoms with Crippen LogP contribution in [-0.4, -0.2) is 30.1 Å². The van der Waals surface area contributed by atoms with Gasteiger partial charge in [-0.25, -0.2) is 0 Å². The molecule has 2 atom stereocenters. The predicted octanol–water partition coefficient (Wildman–Crippen LogP) is 1.26. The number of benzene rings is 1. The molecule has 20 heavy (non-hydrogen) atoms. The normalized spacial score (nSPS) is 21.4. The number of nitrogen functional groups attached to an aromatic ring is 1. The van der Waals surface area contributed by atoms with Gasteiger partial charge in [-0.2, -0.15) is 0 Å². The summed E-state index contributed by atoms with van der Waals surface area (Å²) in [7, 11) is 1.47. The van der Waals surface area contributed by atoms with E-state index in [4.69, 9.17) is 15.6 Å². The minimum absolute atomic E-state index is 0.106. The van der Waals surface area contributed by atoms with E-state index in [1.807, 2.05) is 0 Å². The molecule has 2 unspecified atom stereocenters. The number of hydrogen-bond donors (Lipinski definition) is 3. The van der Waals surface area contributed by atoms with Crippen LogP contribution in [0.25, 0.3) is 0 Å². The van der Waals surface area contributed by atoms with Gasteiger partial charge in [-0.1, -0.05) is 0 Å². The molecule has 6 heteroatoms. The minimum atomic E-state index is -0.799. The van der Waals surface area contributed by atoms with E-state index >= 15 is 0 Å². The van der Waals surface area contributed by atoms with Crippen LogP contribution in [0.3, 0.4) is 0 Å². The molecule has 1 amide bonds.